The number of aromatic nitrogens is 1. The van der Waals surface area contributed by atoms with E-state index in [1.54, 1.807) is 0 Å². The van der Waals surface area contributed by atoms with E-state index in [0.717, 1.165) is 24.4 Å². The molecule has 0 saturated heterocycles. The highest BCUT2D eigenvalue weighted by Gasteiger charge is 2.16. The molecule has 3 rings (SSSR count). The predicted molar refractivity (Wildman–Crippen MR) is 88.1 cm³/mol. The molecule has 2 N–H and O–H groups in total. The Morgan fingerprint density at radius 3 is 2.22 bits per heavy atom. The van der Waals surface area contributed by atoms with Crippen LogP contribution < -0.4 is 10.6 Å². The Morgan fingerprint density at radius 1 is 0.815 bits per heavy atom. The minimum atomic E-state index is -1.70. The number of nitrogens with one attached hydrogen (secondary N) is 2. The van der Waals surface area contributed by atoms with Gasteiger partial charge in [0.05, 0.1) is 11.3 Å². The zero-order valence-electron chi connectivity index (χ0n) is 13.4. The number of hydrogen-bond donors (Lipinski definition) is 2. The molecule has 0 aliphatic rings. The molecule has 0 unspecified atom stereocenters. The summed E-state index contributed by atoms with van der Waals surface area (Å²) in [6, 6.07) is 7.44. The fourth-order valence-corrected chi connectivity index (χ4v) is 2.14. The number of pyridine rings is 1. The highest BCUT2D eigenvalue weighted by Crippen LogP contribution is 2.21. The molecule has 9 heteroatoms. The molecule has 1 amide bonds. The van der Waals surface area contributed by atoms with Crippen LogP contribution in [0, 0.1) is 29.1 Å². The number of rotatable bonds is 4. The third-order valence-corrected chi connectivity index (χ3v) is 3.50. The first-order valence-corrected chi connectivity index (χ1v) is 7.48. The van der Waals surface area contributed by atoms with Crippen LogP contribution in [0.4, 0.5) is 39.1 Å². The average Bonchev–Trinajstić information content (AvgIpc) is 2.66. The van der Waals surface area contributed by atoms with E-state index >= 15 is 0 Å². The first kappa shape index (κ1) is 18.3. The number of anilines is 3. The smallest absolute Gasteiger partial charge is 0.257 e. The van der Waals surface area contributed by atoms with E-state index in [1.165, 1.54) is 18.2 Å². The molecule has 0 radical (unpaired) electrons. The van der Waals surface area contributed by atoms with Crippen molar-refractivity contribution >= 4 is 23.1 Å². The monoisotopic (exact) mass is 379 g/mol. The molecule has 27 heavy (non-hydrogen) atoms. The molecule has 0 aliphatic carbocycles. The molecule has 3 aromatic rings. The van der Waals surface area contributed by atoms with Crippen LogP contribution in [0.3, 0.4) is 0 Å². The molecule has 1 heterocycles. The van der Waals surface area contributed by atoms with Gasteiger partial charge in [0.25, 0.3) is 5.91 Å². The molecule has 0 spiro atoms. The molecule has 1 aromatic heterocycles. The lowest BCUT2D eigenvalue weighted by Crippen LogP contribution is -2.14. The van der Waals surface area contributed by atoms with Gasteiger partial charge in [-0.2, -0.15) is 0 Å². The van der Waals surface area contributed by atoms with Crippen LogP contribution in [-0.2, 0) is 0 Å². The van der Waals surface area contributed by atoms with Crippen LogP contribution in [0.5, 0.6) is 0 Å². The maximum atomic E-state index is 13.6. The number of amides is 1. The van der Waals surface area contributed by atoms with Crippen molar-refractivity contribution in [2.75, 3.05) is 10.6 Å². The predicted octanol–water partition coefficient (Wildman–Crippen LogP) is 4.77. The summed E-state index contributed by atoms with van der Waals surface area (Å²) in [6.07, 6.45) is 1.13. The van der Waals surface area contributed by atoms with Crippen molar-refractivity contribution in [1.82, 2.24) is 4.98 Å². The quantitative estimate of drug-likeness (QED) is 0.507. The summed E-state index contributed by atoms with van der Waals surface area (Å²) in [7, 11) is 0. The van der Waals surface area contributed by atoms with Gasteiger partial charge >= 0.3 is 0 Å². The van der Waals surface area contributed by atoms with Crippen LogP contribution in [-0.4, -0.2) is 10.9 Å². The number of nitrogens with zero attached hydrogens (tertiary/aromatic N) is 1. The molecule has 138 valence electrons. The summed E-state index contributed by atoms with van der Waals surface area (Å²) >= 11 is 0. The van der Waals surface area contributed by atoms with Crippen molar-refractivity contribution in [3.63, 3.8) is 0 Å². The van der Waals surface area contributed by atoms with E-state index < -0.39 is 40.7 Å². The maximum Gasteiger partial charge on any atom is 0.257 e. The van der Waals surface area contributed by atoms with Gasteiger partial charge in [-0.3, -0.25) is 4.79 Å². The standard InChI is InChI=1S/C18H10F5N3O/c19-11-3-2-10(7-13(11)21)25-15-6-1-9(8-24-15)18(27)26-14-5-4-12(20)16(22)17(14)23/h1-8H,(H,24,25)(H,26,27). The summed E-state index contributed by atoms with van der Waals surface area (Å²) in [5.41, 5.74) is -0.277. The second-order valence-electron chi connectivity index (χ2n) is 5.36. The fourth-order valence-electron chi connectivity index (χ4n) is 2.14. The summed E-state index contributed by atoms with van der Waals surface area (Å²) in [5.74, 6) is -7.19. The molecular formula is C18H10F5N3O. The summed E-state index contributed by atoms with van der Waals surface area (Å²) in [4.78, 5) is 16.0. The Balaban J connectivity index is 1.72. The van der Waals surface area contributed by atoms with Gasteiger partial charge in [0.2, 0.25) is 0 Å². The third-order valence-electron chi connectivity index (χ3n) is 3.50. The number of carbonyl (C=O) groups is 1. The van der Waals surface area contributed by atoms with E-state index in [4.69, 9.17) is 0 Å². The number of halogens is 5. The zero-order valence-corrected chi connectivity index (χ0v) is 13.4. The summed E-state index contributed by atoms with van der Waals surface area (Å²) in [6.45, 7) is 0. The van der Waals surface area contributed by atoms with Crippen LogP contribution in [0.2, 0.25) is 0 Å². The van der Waals surface area contributed by atoms with Crippen LogP contribution in [0.1, 0.15) is 10.4 Å². The zero-order chi connectivity index (χ0) is 19.6. The highest BCUT2D eigenvalue weighted by atomic mass is 19.2. The highest BCUT2D eigenvalue weighted by molar-refractivity contribution is 6.04. The molecular weight excluding hydrogens is 369 g/mol. The van der Waals surface area contributed by atoms with Gasteiger partial charge in [0.1, 0.15) is 5.82 Å². The molecule has 4 nitrogen and oxygen atoms in total. The van der Waals surface area contributed by atoms with Gasteiger partial charge in [-0.05, 0) is 36.4 Å². The largest absolute Gasteiger partial charge is 0.340 e. The van der Waals surface area contributed by atoms with E-state index in [0.29, 0.717) is 6.07 Å². The average molecular weight is 379 g/mol. The minimum Gasteiger partial charge on any atom is -0.340 e. The lowest BCUT2D eigenvalue weighted by molar-refractivity contribution is 0.102. The first-order chi connectivity index (χ1) is 12.8. The van der Waals surface area contributed by atoms with Crippen LogP contribution in [0.25, 0.3) is 0 Å². The fraction of sp³-hybridized carbons (Fsp3) is 0. The molecule has 0 atom stereocenters. The Morgan fingerprint density at radius 2 is 1.56 bits per heavy atom. The molecule has 0 saturated carbocycles. The second-order valence-corrected chi connectivity index (χ2v) is 5.36. The van der Waals surface area contributed by atoms with Gasteiger partial charge in [0.15, 0.2) is 29.1 Å². The molecule has 2 aromatic carbocycles. The topological polar surface area (TPSA) is 54.0 Å². The van der Waals surface area contributed by atoms with Crippen molar-refractivity contribution in [3.05, 3.63) is 83.3 Å². The van der Waals surface area contributed by atoms with Gasteiger partial charge in [0, 0.05) is 18.0 Å². The summed E-state index contributed by atoms with van der Waals surface area (Å²) < 4.78 is 65.8. The molecule has 0 fully saturated rings. The van der Waals surface area contributed by atoms with Crippen molar-refractivity contribution in [3.8, 4) is 0 Å². The Bertz CT molecular complexity index is 1010. The SMILES string of the molecule is O=C(Nc1ccc(F)c(F)c1F)c1ccc(Nc2ccc(F)c(F)c2)nc1. The van der Waals surface area contributed by atoms with E-state index in [2.05, 4.69) is 15.6 Å². The Kier molecular flexibility index (Phi) is 5.02. The minimum absolute atomic E-state index is 0.00923. The van der Waals surface area contributed by atoms with Gasteiger partial charge in [-0.15, -0.1) is 0 Å². The Hall–Kier alpha value is -3.49. The second kappa shape index (κ2) is 7.40. The van der Waals surface area contributed by atoms with E-state index in [9.17, 15) is 26.7 Å². The number of carbonyl (C=O) groups excluding carboxylic acids is 1. The van der Waals surface area contributed by atoms with Crippen molar-refractivity contribution in [1.29, 1.82) is 0 Å². The summed E-state index contributed by atoms with van der Waals surface area (Å²) in [5, 5.41) is 4.81. The molecule has 0 aliphatic heterocycles. The van der Waals surface area contributed by atoms with Crippen molar-refractivity contribution in [2.45, 2.75) is 0 Å². The van der Waals surface area contributed by atoms with Gasteiger partial charge < -0.3 is 10.6 Å². The van der Waals surface area contributed by atoms with E-state index in [1.807, 2.05) is 0 Å². The normalized spacial score (nSPS) is 10.6. The van der Waals surface area contributed by atoms with Crippen LogP contribution in [0.15, 0.2) is 48.7 Å². The molecule has 0 bridgehead atoms. The van der Waals surface area contributed by atoms with Crippen molar-refractivity contribution in [2.24, 2.45) is 0 Å². The van der Waals surface area contributed by atoms with Gasteiger partial charge in [-0.1, -0.05) is 0 Å². The number of benzene rings is 2. The van der Waals surface area contributed by atoms with Crippen LogP contribution >= 0.6 is 0 Å². The lowest BCUT2D eigenvalue weighted by Gasteiger charge is -2.09. The number of hydrogen-bond acceptors (Lipinski definition) is 3. The Labute approximate surface area is 149 Å². The van der Waals surface area contributed by atoms with Crippen molar-refractivity contribution < 1.29 is 26.7 Å². The van der Waals surface area contributed by atoms with Gasteiger partial charge in [-0.25, -0.2) is 26.9 Å². The lowest BCUT2D eigenvalue weighted by atomic mass is 10.2. The van der Waals surface area contributed by atoms with E-state index in [-0.39, 0.29) is 17.1 Å². The first-order valence-electron chi connectivity index (χ1n) is 7.48. The third kappa shape index (κ3) is 4.02. The maximum absolute atomic E-state index is 13.6.